The summed E-state index contributed by atoms with van der Waals surface area (Å²) in [6.45, 7) is 5.16. The lowest BCUT2D eigenvalue weighted by Gasteiger charge is -2.30. The summed E-state index contributed by atoms with van der Waals surface area (Å²) in [5.41, 5.74) is 0. The van der Waals surface area contributed by atoms with Gasteiger partial charge in [-0.15, -0.1) is 0 Å². The van der Waals surface area contributed by atoms with E-state index in [9.17, 15) is 4.79 Å². The Hall–Kier alpha value is -0.650. The van der Waals surface area contributed by atoms with Gasteiger partial charge in [0.1, 0.15) is 0 Å². The molecule has 0 aromatic heterocycles. The average molecular weight is 257 g/mol. The topological polar surface area (TPSA) is 44.8 Å². The number of nitrogens with one attached hydrogen (secondary N) is 1. The molecule has 1 fully saturated rings. The Labute approximate surface area is 110 Å². The monoisotopic (exact) mass is 257 g/mol. The van der Waals surface area contributed by atoms with Gasteiger partial charge in [-0.1, -0.05) is 0 Å². The minimum absolute atomic E-state index is 0.275. The molecule has 0 bridgehead atoms. The van der Waals surface area contributed by atoms with Crippen LogP contribution in [0.2, 0.25) is 0 Å². The highest BCUT2D eigenvalue weighted by molar-refractivity contribution is 5.76. The third kappa shape index (κ3) is 5.80. The second-order valence-electron chi connectivity index (χ2n) is 5.26. The van der Waals surface area contributed by atoms with Gasteiger partial charge in [0.25, 0.3) is 0 Å². The number of nitrogens with zero attached hydrogens (tertiary/aromatic N) is 2. The van der Waals surface area contributed by atoms with Crippen molar-refractivity contribution >= 4 is 5.91 Å². The summed E-state index contributed by atoms with van der Waals surface area (Å²) in [7, 11) is 5.79. The molecule has 1 N–H and O–H groups in total. The fourth-order valence-electron chi connectivity index (χ4n) is 2.01. The summed E-state index contributed by atoms with van der Waals surface area (Å²) in [4.78, 5) is 16.3. The third-order valence-corrected chi connectivity index (χ3v) is 3.28. The first-order chi connectivity index (χ1) is 8.63. The van der Waals surface area contributed by atoms with Crippen molar-refractivity contribution in [2.45, 2.75) is 12.8 Å². The smallest absolute Gasteiger partial charge is 0.223 e. The molecule has 0 saturated carbocycles. The Morgan fingerprint density at radius 1 is 1.28 bits per heavy atom. The number of carbonyl (C=O) groups is 1. The summed E-state index contributed by atoms with van der Waals surface area (Å²) in [6.07, 6.45) is 1.70. The lowest BCUT2D eigenvalue weighted by molar-refractivity contribution is -0.133. The van der Waals surface area contributed by atoms with Crippen molar-refractivity contribution in [2.75, 3.05) is 60.5 Å². The molecule has 5 nitrogen and oxygen atoms in total. The van der Waals surface area contributed by atoms with Gasteiger partial charge in [-0.3, -0.25) is 4.79 Å². The molecule has 0 aromatic rings. The van der Waals surface area contributed by atoms with E-state index in [4.69, 9.17) is 4.74 Å². The van der Waals surface area contributed by atoms with E-state index in [-0.39, 0.29) is 5.91 Å². The highest BCUT2D eigenvalue weighted by Gasteiger charge is 2.23. The minimum Gasteiger partial charge on any atom is -0.383 e. The normalized spacial score (nSPS) is 15.8. The van der Waals surface area contributed by atoms with Gasteiger partial charge in [-0.05, 0) is 46.1 Å². The van der Waals surface area contributed by atoms with Crippen molar-refractivity contribution < 1.29 is 9.53 Å². The zero-order chi connectivity index (χ0) is 13.4. The summed E-state index contributed by atoms with van der Waals surface area (Å²) >= 11 is 0. The first-order valence-corrected chi connectivity index (χ1v) is 6.75. The van der Waals surface area contributed by atoms with Crippen LogP contribution in [-0.2, 0) is 9.53 Å². The Balaban J connectivity index is 2.29. The van der Waals surface area contributed by atoms with Crippen LogP contribution in [0, 0.1) is 5.92 Å². The van der Waals surface area contributed by atoms with Crippen LogP contribution in [-0.4, -0.2) is 76.2 Å². The van der Waals surface area contributed by atoms with Gasteiger partial charge in [-0.25, -0.2) is 0 Å². The predicted molar refractivity (Wildman–Crippen MR) is 72.6 cm³/mol. The van der Waals surface area contributed by atoms with Crippen molar-refractivity contribution in [1.82, 2.24) is 15.1 Å². The number of carbonyl (C=O) groups excluding carboxylic acids is 1. The van der Waals surface area contributed by atoms with Crippen LogP contribution in [0.4, 0.5) is 0 Å². The van der Waals surface area contributed by atoms with Crippen LogP contribution < -0.4 is 5.32 Å². The Morgan fingerprint density at radius 2 is 2.00 bits per heavy atom. The van der Waals surface area contributed by atoms with E-state index in [0.717, 1.165) is 32.6 Å². The van der Waals surface area contributed by atoms with E-state index < -0.39 is 0 Å². The molecule has 106 valence electrons. The zero-order valence-corrected chi connectivity index (χ0v) is 11.9. The molecule has 0 radical (unpaired) electrons. The zero-order valence-electron chi connectivity index (χ0n) is 11.9. The van der Waals surface area contributed by atoms with Gasteiger partial charge >= 0.3 is 0 Å². The molecule has 1 aliphatic heterocycles. The molecule has 1 rings (SSSR count). The molecule has 1 aliphatic rings. The lowest BCUT2D eigenvalue weighted by Crippen LogP contribution is -2.46. The number of amides is 1. The van der Waals surface area contributed by atoms with Crippen LogP contribution in [0.1, 0.15) is 12.8 Å². The molecule has 5 heteroatoms. The average Bonchev–Trinajstić information content (AvgIpc) is 2.27. The summed E-state index contributed by atoms with van der Waals surface area (Å²) in [5.74, 6) is 0.814. The second-order valence-corrected chi connectivity index (χ2v) is 5.26. The fourth-order valence-corrected chi connectivity index (χ4v) is 2.01. The molecule has 0 unspecified atom stereocenters. The number of methoxy groups -OCH3 is 1. The van der Waals surface area contributed by atoms with E-state index in [2.05, 4.69) is 24.3 Å². The van der Waals surface area contributed by atoms with Gasteiger partial charge < -0.3 is 19.9 Å². The third-order valence-electron chi connectivity index (χ3n) is 3.28. The van der Waals surface area contributed by atoms with E-state index >= 15 is 0 Å². The van der Waals surface area contributed by atoms with Gasteiger partial charge in [0, 0.05) is 26.6 Å². The van der Waals surface area contributed by atoms with E-state index in [1.54, 1.807) is 7.11 Å². The van der Waals surface area contributed by atoms with Crippen molar-refractivity contribution in [1.29, 1.82) is 0 Å². The van der Waals surface area contributed by atoms with E-state index in [1.165, 1.54) is 0 Å². The van der Waals surface area contributed by atoms with Crippen LogP contribution in [0.5, 0.6) is 0 Å². The molecule has 0 aliphatic carbocycles. The van der Waals surface area contributed by atoms with Gasteiger partial charge in [-0.2, -0.15) is 0 Å². The minimum atomic E-state index is 0.275. The summed E-state index contributed by atoms with van der Waals surface area (Å²) < 4.78 is 5.08. The SMILES string of the molecule is COCCN(CCCN(C)C)C(=O)CC1CNC1. The first kappa shape index (κ1) is 15.4. The van der Waals surface area contributed by atoms with Crippen LogP contribution in [0.15, 0.2) is 0 Å². The molecule has 0 spiro atoms. The largest absolute Gasteiger partial charge is 0.383 e. The highest BCUT2D eigenvalue weighted by Crippen LogP contribution is 2.11. The standard InChI is InChI=1S/C13H27N3O2/c1-15(2)5-4-6-16(7-8-18-3)13(17)9-12-10-14-11-12/h12,14H,4-11H2,1-3H3. The summed E-state index contributed by atoms with van der Waals surface area (Å²) in [6, 6.07) is 0. The maximum absolute atomic E-state index is 12.2. The molecular formula is C13H27N3O2. The molecule has 18 heavy (non-hydrogen) atoms. The summed E-state index contributed by atoms with van der Waals surface area (Å²) in [5, 5.41) is 3.20. The van der Waals surface area contributed by atoms with Gasteiger partial charge in [0.05, 0.1) is 6.61 Å². The Bertz CT molecular complexity index is 242. The highest BCUT2D eigenvalue weighted by atomic mass is 16.5. The molecule has 1 heterocycles. The molecule has 0 aromatic carbocycles. The Morgan fingerprint density at radius 3 is 2.50 bits per heavy atom. The van der Waals surface area contributed by atoms with Crippen molar-refractivity contribution in [2.24, 2.45) is 5.92 Å². The van der Waals surface area contributed by atoms with Crippen LogP contribution in [0.25, 0.3) is 0 Å². The van der Waals surface area contributed by atoms with E-state index in [0.29, 0.717) is 25.5 Å². The first-order valence-electron chi connectivity index (χ1n) is 6.75. The number of hydrogen-bond acceptors (Lipinski definition) is 4. The maximum atomic E-state index is 12.2. The molecule has 1 amide bonds. The lowest BCUT2D eigenvalue weighted by atomic mass is 9.98. The van der Waals surface area contributed by atoms with Gasteiger partial charge in [0.15, 0.2) is 0 Å². The molecular weight excluding hydrogens is 230 g/mol. The second kappa shape index (κ2) is 8.45. The van der Waals surface area contributed by atoms with Crippen molar-refractivity contribution in [3.8, 4) is 0 Å². The van der Waals surface area contributed by atoms with Crippen LogP contribution in [0.3, 0.4) is 0 Å². The predicted octanol–water partition coefficient (Wildman–Crippen LogP) is 0.0226. The number of hydrogen-bond donors (Lipinski definition) is 1. The van der Waals surface area contributed by atoms with Crippen molar-refractivity contribution in [3.63, 3.8) is 0 Å². The van der Waals surface area contributed by atoms with Crippen LogP contribution >= 0.6 is 0 Å². The van der Waals surface area contributed by atoms with Crippen molar-refractivity contribution in [3.05, 3.63) is 0 Å². The number of rotatable bonds is 9. The molecule has 0 atom stereocenters. The fraction of sp³-hybridized carbons (Fsp3) is 0.923. The Kier molecular flexibility index (Phi) is 7.23. The maximum Gasteiger partial charge on any atom is 0.223 e. The number of ether oxygens (including phenoxy) is 1. The quantitative estimate of drug-likeness (QED) is 0.633. The molecule has 1 saturated heterocycles. The van der Waals surface area contributed by atoms with E-state index in [1.807, 2.05) is 4.90 Å². The van der Waals surface area contributed by atoms with Gasteiger partial charge in [0.2, 0.25) is 5.91 Å².